The maximum atomic E-state index is 12.1. The lowest BCUT2D eigenvalue weighted by molar-refractivity contribution is -0.122. The second kappa shape index (κ2) is 8.65. The van der Waals surface area contributed by atoms with E-state index < -0.39 is 6.04 Å². The van der Waals surface area contributed by atoms with Gasteiger partial charge in [-0.25, -0.2) is 0 Å². The third kappa shape index (κ3) is 4.69. The van der Waals surface area contributed by atoms with Crippen molar-refractivity contribution >= 4 is 17.8 Å². The minimum atomic E-state index is -0.418. The Morgan fingerprint density at radius 2 is 1.79 bits per heavy atom. The zero-order chi connectivity index (χ0) is 17.5. The Bertz CT molecular complexity index is 543. The van der Waals surface area contributed by atoms with Gasteiger partial charge < -0.3 is 20.3 Å². The average Bonchev–Trinajstić information content (AvgIpc) is 2.87. The fourth-order valence-electron chi connectivity index (χ4n) is 2.74. The maximum Gasteiger partial charge on any atom is 0.322 e. The molecule has 0 saturated carbocycles. The van der Waals surface area contributed by atoms with Crippen LogP contribution in [-0.4, -0.2) is 54.1 Å². The van der Waals surface area contributed by atoms with Crippen LogP contribution >= 0.6 is 0 Å². The number of methoxy groups -OCH3 is 1. The molecule has 1 amide bonds. The van der Waals surface area contributed by atoms with E-state index in [1.807, 2.05) is 13.8 Å². The molecule has 2 heterocycles. The lowest BCUT2D eigenvalue weighted by Crippen LogP contribution is -2.42. The topological polar surface area (TPSA) is 92.3 Å². The average molecular weight is 336 g/mol. The van der Waals surface area contributed by atoms with Gasteiger partial charge in [-0.2, -0.15) is 15.0 Å². The van der Waals surface area contributed by atoms with Crippen LogP contribution in [0, 0.1) is 5.92 Å². The third-order valence-electron chi connectivity index (χ3n) is 4.15. The van der Waals surface area contributed by atoms with Gasteiger partial charge in [0.2, 0.25) is 17.8 Å². The first-order valence-corrected chi connectivity index (χ1v) is 8.58. The Hall–Kier alpha value is -2.12. The normalized spacial score (nSPS) is 16.5. The molecular weight excluding hydrogens is 308 g/mol. The van der Waals surface area contributed by atoms with E-state index in [2.05, 4.69) is 30.5 Å². The van der Waals surface area contributed by atoms with E-state index in [4.69, 9.17) is 4.74 Å². The summed E-state index contributed by atoms with van der Waals surface area (Å²) in [6, 6.07) is -0.162. The van der Waals surface area contributed by atoms with E-state index in [0.29, 0.717) is 11.9 Å². The molecule has 134 valence electrons. The molecule has 1 unspecified atom stereocenters. The summed E-state index contributed by atoms with van der Waals surface area (Å²) in [5.74, 6) is 0.962. The van der Waals surface area contributed by atoms with Gasteiger partial charge in [0.25, 0.3) is 0 Å². The summed E-state index contributed by atoms with van der Waals surface area (Å²) < 4.78 is 5.22. The summed E-state index contributed by atoms with van der Waals surface area (Å²) in [4.78, 5) is 27.4. The van der Waals surface area contributed by atoms with Crippen LogP contribution in [0.25, 0.3) is 0 Å². The van der Waals surface area contributed by atoms with Crippen molar-refractivity contribution in [3.8, 4) is 6.01 Å². The predicted octanol–water partition coefficient (Wildman–Crippen LogP) is 1.44. The van der Waals surface area contributed by atoms with Crippen LogP contribution in [0.15, 0.2) is 0 Å². The molecule has 24 heavy (non-hydrogen) atoms. The SMILES string of the molecule is CNC(=O)C(Nc1nc(OC)nc(N2CCCCCC2)n1)C(C)C. The Morgan fingerprint density at radius 1 is 1.12 bits per heavy atom. The molecule has 1 aromatic heterocycles. The Kier molecular flexibility index (Phi) is 6.57. The van der Waals surface area contributed by atoms with Crippen molar-refractivity contribution in [2.75, 3.05) is 37.5 Å². The van der Waals surface area contributed by atoms with Gasteiger partial charge in [-0.15, -0.1) is 0 Å². The molecule has 8 heteroatoms. The van der Waals surface area contributed by atoms with Crippen LogP contribution < -0.4 is 20.3 Å². The third-order valence-corrected chi connectivity index (χ3v) is 4.15. The van der Waals surface area contributed by atoms with Gasteiger partial charge in [0.05, 0.1) is 7.11 Å². The lowest BCUT2D eigenvalue weighted by Gasteiger charge is -2.23. The first-order chi connectivity index (χ1) is 11.5. The number of likely N-dealkylation sites (N-methyl/N-ethyl adjacent to an activating group) is 1. The van der Waals surface area contributed by atoms with Crippen LogP contribution in [-0.2, 0) is 4.79 Å². The molecule has 1 saturated heterocycles. The molecule has 1 fully saturated rings. The standard InChI is InChI=1S/C16H28N6O2/c1-11(2)12(13(23)17-3)18-14-19-15(21-16(20-14)24-4)22-9-7-5-6-8-10-22/h11-12H,5-10H2,1-4H3,(H,17,23)(H,18,19,20,21). The highest BCUT2D eigenvalue weighted by atomic mass is 16.5. The molecule has 0 bridgehead atoms. The van der Waals surface area contributed by atoms with Gasteiger partial charge in [-0.3, -0.25) is 4.79 Å². The Morgan fingerprint density at radius 3 is 2.33 bits per heavy atom. The number of rotatable bonds is 6. The van der Waals surface area contributed by atoms with Crippen molar-refractivity contribution in [2.45, 2.75) is 45.6 Å². The fraction of sp³-hybridized carbons (Fsp3) is 0.750. The first kappa shape index (κ1) is 18.2. The van der Waals surface area contributed by atoms with E-state index >= 15 is 0 Å². The van der Waals surface area contributed by atoms with Gasteiger partial charge >= 0.3 is 6.01 Å². The molecule has 1 aromatic rings. The summed E-state index contributed by atoms with van der Waals surface area (Å²) in [5.41, 5.74) is 0. The number of carbonyl (C=O) groups is 1. The highest BCUT2D eigenvalue weighted by Gasteiger charge is 2.23. The largest absolute Gasteiger partial charge is 0.467 e. The molecule has 0 aromatic carbocycles. The number of amides is 1. The summed E-state index contributed by atoms with van der Waals surface area (Å²) in [7, 11) is 3.15. The van der Waals surface area contributed by atoms with E-state index in [1.54, 1.807) is 7.05 Å². The zero-order valence-electron chi connectivity index (χ0n) is 15.0. The molecule has 1 aliphatic rings. The number of carbonyl (C=O) groups excluding carboxylic acids is 1. The number of nitrogens with zero attached hydrogens (tertiary/aromatic N) is 4. The van der Waals surface area contributed by atoms with Crippen LogP contribution in [0.5, 0.6) is 6.01 Å². The number of hydrogen-bond donors (Lipinski definition) is 2. The van der Waals surface area contributed by atoms with Crippen LogP contribution in [0.4, 0.5) is 11.9 Å². The molecule has 0 spiro atoms. The van der Waals surface area contributed by atoms with Crippen molar-refractivity contribution in [3.05, 3.63) is 0 Å². The van der Waals surface area contributed by atoms with Crippen molar-refractivity contribution in [1.29, 1.82) is 0 Å². The summed E-state index contributed by atoms with van der Waals surface area (Å²) in [5, 5.41) is 5.79. The number of aromatic nitrogens is 3. The number of nitrogens with one attached hydrogen (secondary N) is 2. The van der Waals surface area contributed by atoms with Crippen LogP contribution in [0.1, 0.15) is 39.5 Å². The number of ether oxygens (including phenoxy) is 1. The highest BCUT2D eigenvalue weighted by Crippen LogP contribution is 2.20. The lowest BCUT2D eigenvalue weighted by atomic mass is 10.0. The zero-order valence-corrected chi connectivity index (χ0v) is 15.0. The van der Waals surface area contributed by atoms with Crippen LogP contribution in [0.3, 0.4) is 0 Å². The van der Waals surface area contributed by atoms with Gasteiger partial charge in [-0.05, 0) is 18.8 Å². The molecular formula is C16H28N6O2. The summed E-state index contributed by atoms with van der Waals surface area (Å²) in [6.45, 7) is 5.80. The van der Waals surface area contributed by atoms with E-state index in [9.17, 15) is 4.79 Å². The van der Waals surface area contributed by atoms with Gasteiger partial charge in [0.15, 0.2) is 0 Å². The number of hydrogen-bond acceptors (Lipinski definition) is 7. The smallest absolute Gasteiger partial charge is 0.322 e. The van der Waals surface area contributed by atoms with Crippen LogP contribution in [0.2, 0.25) is 0 Å². The molecule has 1 aliphatic heterocycles. The Labute approximate surface area is 143 Å². The monoisotopic (exact) mass is 336 g/mol. The summed E-state index contributed by atoms with van der Waals surface area (Å²) in [6.07, 6.45) is 4.72. The summed E-state index contributed by atoms with van der Waals surface area (Å²) >= 11 is 0. The molecule has 2 N–H and O–H groups in total. The number of anilines is 2. The van der Waals surface area contributed by atoms with Gasteiger partial charge in [0, 0.05) is 20.1 Å². The minimum Gasteiger partial charge on any atom is -0.467 e. The molecule has 1 atom stereocenters. The highest BCUT2D eigenvalue weighted by molar-refractivity contribution is 5.84. The second-order valence-corrected chi connectivity index (χ2v) is 6.33. The first-order valence-electron chi connectivity index (χ1n) is 8.58. The maximum absolute atomic E-state index is 12.1. The predicted molar refractivity (Wildman–Crippen MR) is 93.4 cm³/mol. The van der Waals surface area contributed by atoms with Crippen molar-refractivity contribution < 1.29 is 9.53 Å². The fourth-order valence-corrected chi connectivity index (χ4v) is 2.74. The molecule has 0 aliphatic carbocycles. The molecule has 8 nitrogen and oxygen atoms in total. The van der Waals surface area contributed by atoms with Gasteiger partial charge in [0.1, 0.15) is 6.04 Å². The van der Waals surface area contributed by atoms with Crippen molar-refractivity contribution in [3.63, 3.8) is 0 Å². The van der Waals surface area contributed by atoms with Gasteiger partial charge in [-0.1, -0.05) is 26.7 Å². The van der Waals surface area contributed by atoms with Crippen molar-refractivity contribution in [2.24, 2.45) is 5.92 Å². The van der Waals surface area contributed by atoms with E-state index in [-0.39, 0.29) is 17.8 Å². The molecule has 2 rings (SSSR count). The quantitative estimate of drug-likeness (QED) is 0.812. The second-order valence-electron chi connectivity index (χ2n) is 6.33. The molecule has 0 radical (unpaired) electrons. The van der Waals surface area contributed by atoms with E-state index in [0.717, 1.165) is 25.9 Å². The van der Waals surface area contributed by atoms with Crippen molar-refractivity contribution in [1.82, 2.24) is 20.3 Å². The van der Waals surface area contributed by atoms with E-state index in [1.165, 1.54) is 20.0 Å². The minimum absolute atomic E-state index is 0.0920. The Balaban J connectivity index is 2.25.